The van der Waals surface area contributed by atoms with Crippen LogP contribution < -0.4 is 4.90 Å². The Morgan fingerprint density at radius 1 is 1.13 bits per heavy atom. The first kappa shape index (κ1) is 16.6. The van der Waals surface area contributed by atoms with E-state index in [2.05, 4.69) is 29.7 Å². The highest BCUT2D eigenvalue weighted by Crippen LogP contribution is 2.28. The molecule has 2 heterocycles. The second-order valence-corrected chi connectivity index (χ2v) is 7.87. The van der Waals surface area contributed by atoms with Crippen LogP contribution in [-0.2, 0) is 4.79 Å². The molecule has 126 valence electrons. The fourth-order valence-corrected chi connectivity index (χ4v) is 4.34. The van der Waals surface area contributed by atoms with E-state index in [4.69, 9.17) is 11.6 Å². The van der Waals surface area contributed by atoms with Gasteiger partial charge in [-0.25, -0.2) is 0 Å². The van der Waals surface area contributed by atoms with Gasteiger partial charge in [0.1, 0.15) is 0 Å². The van der Waals surface area contributed by atoms with Crippen molar-refractivity contribution in [3.05, 3.63) is 29.3 Å². The Hall–Kier alpha value is -1.22. The molecular formula is C19H27ClN2O. The van der Waals surface area contributed by atoms with Gasteiger partial charge in [-0.2, -0.15) is 0 Å². The van der Waals surface area contributed by atoms with Gasteiger partial charge >= 0.3 is 0 Å². The van der Waals surface area contributed by atoms with E-state index in [0.29, 0.717) is 17.7 Å². The molecule has 0 N–H and O–H groups in total. The SMILES string of the molecule is CC1CC(C)CN(C(=O)C2CCN(c3cccc(Cl)c3)CC2)C1. The lowest BCUT2D eigenvalue weighted by atomic mass is 9.89. The van der Waals surface area contributed by atoms with Crippen LogP contribution in [0.4, 0.5) is 5.69 Å². The lowest BCUT2D eigenvalue weighted by Gasteiger charge is -2.39. The second kappa shape index (κ2) is 7.12. The summed E-state index contributed by atoms with van der Waals surface area (Å²) in [7, 11) is 0. The van der Waals surface area contributed by atoms with Crippen molar-refractivity contribution in [3.63, 3.8) is 0 Å². The van der Waals surface area contributed by atoms with Crippen LogP contribution in [0.2, 0.25) is 5.02 Å². The van der Waals surface area contributed by atoms with E-state index in [0.717, 1.165) is 44.0 Å². The number of hydrogen-bond acceptors (Lipinski definition) is 2. The number of carbonyl (C=O) groups is 1. The number of nitrogens with zero attached hydrogens (tertiary/aromatic N) is 2. The number of rotatable bonds is 2. The highest BCUT2D eigenvalue weighted by atomic mass is 35.5. The van der Waals surface area contributed by atoms with Crippen LogP contribution in [0.3, 0.4) is 0 Å². The fraction of sp³-hybridized carbons (Fsp3) is 0.632. The van der Waals surface area contributed by atoms with Gasteiger partial charge in [0.15, 0.2) is 0 Å². The molecule has 1 aromatic rings. The molecule has 2 fully saturated rings. The Morgan fingerprint density at radius 3 is 2.39 bits per heavy atom. The Kier molecular flexibility index (Phi) is 5.15. The maximum absolute atomic E-state index is 12.8. The zero-order valence-electron chi connectivity index (χ0n) is 14.2. The van der Waals surface area contributed by atoms with Gasteiger partial charge in [-0.1, -0.05) is 31.5 Å². The van der Waals surface area contributed by atoms with Gasteiger partial charge in [0.25, 0.3) is 0 Å². The van der Waals surface area contributed by atoms with E-state index in [1.165, 1.54) is 12.1 Å². The van der Waals surface area contributed by atoms with E-state index >= 15 is 0 Å². The lowest BCUT2D eigenvalue weighted by molar-refractivity contribution is -0.138. The van der Waals surface area contributed by atoms with Crippen molar-refractivity contribution in [1.82, 2.24) is 4.90 Å². The summed E-state index contributed by atoms with van der Waals surface area (Å²) in [6.45, 7) is 8.29. The minimum atomic E-state index is 0.197. The Bertz CT molecular complexity index is 544. The molecule has 1 amide bonds. The highest BCUT2D eigenvalue weighted by Gasteiger charge is 2.32. The maximum Gasteiger partial charge on any atom is 0.225 e. The first-order chi connectivity index (χ1) is 11.0. The van der Waals surface area contributed by atoms with E-state index in [1.54, 1.807) is 0 Å². The van der Waals surface area contributed by atoms with Crippen molar-refractivity contribution in [2.75, 3.05) is 31.1 Å². The molecule has 0 aliphatic carbocycles. The molecule has 1 aromatic carbocycles. The molecule has 0 radical (unpaired) electrons. The van der Waals surface area contributed by atoms with Crippen molar-refractivity contribution < 1.29 is 4.79 Å². The Labute approximate surface area is 144 Å². The molecule has 3 rings (SSSR count). The average Bonchev–Trinajstić information content (AvgIpc) is 2.53. The van der Waals surface area contributed by atoms with Crippen molar-refractivity contribution in [3.8, 4) is 0 Å². The summed E-state index contributed by atoms with van der Waals surface area (Å²) in [6.07, 6.45) is 3.15. The summed E-state index contributed by atoms with van der Waals surface area (Å²) < 4.78 is 0. The zero-order valence-corrected chi connectivity index (χ0v) is 14.9. The maximum atomic E-state index is 12.8. The molecule has 0 aromatic heterocycles. The molecule has 2 saturated heterocycles. The third-order valence-corrected chi connectivity index (χ3v) is 5.43. The van der Waals surface area contributed by atoms with Gasteiger partial charge in [0.05, 0.1) is 0 Å². The molecule has 2 aliphatic rings. The van der Waals surface area contributed by atoms with Crippen LogP contribution in [0, 0.1) is 17.8 Å². The Morgan fingerprint density at radius 2 is 1.78 bits per heavy atom. The summed E-state index contributed by atoms with van der Waals surface area (Å²) in [6, 6.07) is 8.01. The van der Waals surface area contributed by atoms with Crippen molar-refractivity contribution in [2.45, 2.75) is 33.1 Å². The average molecular weight is 335 g/mol. The first-order valence-electron chi connectivity index (χ1n) is 8.82. The number of amides is 1. The van der Waals surface area contributed by atoms with Crippen molar-refractivity contribution in [2.24, 2.45) is 17.8 Å². The van der Waals surface area contributed by atoms with Crippen molar-refractivity contribution >= 4 is 23.2 Å². The highest BCUT2D eigenvalue weighted by molar-refractivity contribution is 6.30. The van der Waals surface area contributed by atoms with Crippen LogP contribution >= 0.6 is 11.6 Å². The Balaban J connectivity index is 1.57. The van der Waals surface area contributed by atoms with E-state index in [-0.39, 0.29) is 5.92 Å². The summed E-state index contributed by atoms with van der Waals surface area (Å²) in [5, 5.41) is 0.775. The van der Waals surface area contributed by atoms with Gasteiger partial charge in [-0.15, -0.1) is 0 Å². The van der Waals surface area contributed by atoms with Crippen LogP contribution in [0.5, 0.6) is 0 Å². The topological polar surface area (TPSA) is 23.6 Å². The van der Waals surface area contributed by atoms with E-state index in [9.17, 15) is 4.79 Å². The molecule has 4 heteroatoms. The predicted octanol–water partition coefficient (Wildman–Crippen LogP) is 4.06. The minimum absolute atomic E-state index is 0.197. The third kappa shape index (κ3) is 4.00. The number of piperidine rings is 2. The van der Waals surface area contributed by atoms with Crippen LogP contribution in [0.25, 0.3) is 0 Å². The largest absolute Gasteiger partial charge is 0.371 e. The molecule has 2 aliphatic heterocycles. The number of likely N-dealkylation sites (tertiary alicyclic amines) is 1. The number of hydrogen-bond donors (Lipinski definition) is 0. The van der Waals surface area contributed by atoms with Crippen molar-refractivity contribution in [1.29, 1.82) is 0 Å². The predicted molar refractivity (Wildman–Crippen MR) is 95.9 cm³/mol. The number of carbonyl (C=O) groups excluding carboxylic acids is 1. The monoisotopic (exact) mass is 334 g/mol. The van der Waals surface area contributed by atoms with Crippen LogP contribution in [0.15, 0.2) is 24.3 Å². The van der Waals surface area contributed by atoms with Gasteiger partial charge in [0.2, 0.25) is 5.91 Å². The molecule has 2 atom stereocenters. The smallest absolute Gasteiger partial charge is 0.225 e. The van der Waals surface area contributed by atoms with Crippen LogP contribution in [-0.4, -0.2) is 37.0 Å². The molecule has 2 unspecified atom stereocenters. The summed E-state index contributed by atoms with van der Waals surface area (Å²) in [5.41, 5.74) is 1.17. The molecule has 0 saturated carbocycles. The first-order valence-corrected chi connectivity index (χ1v) is 9.20. The number of anilines is 1. The van der Waals surface area contributed by atoms with E-state index in [1.807, 2.05) is 18.2 Å². The lowest BCUT2D eigenvalue weighted by Crippen LogP contribution is -2.47. The van der Waals surface area contributed by atoms with Gasteiger partial charge in [0, 0.05) is 42.8 Å². The molecule has 3 nitrogen and oxygen atoms in total. The minimum Gasteiger partial charge on any atom is -0.371 e. The number of halogens is 1. The van der Waals surface area contributed by atoms with Gasteiger partial charge < -0.3 is 9.80 Å². The molecule has 0 bridgehead atoms. The summed E-state index contributed by atoms with van der Waals surface area (Å²) in [4.78, 5) is 17.3. The summed E-state index contributed by atoms with van der Waals surface area (Å²) >= 11 is 6.08. The third-order valence-electron chi connectivity index (χ3n) is 5.20. The van der Waals surface area contributed by atoms with Crippen LogP contribution in [0.1, 0.15) is 33.1 Å². The normalized spacial score (nSPS) is 26.4. The molecular weight excluding hydrogens is 308 g/mol. The summed E-state index contributed by atoms with van der Waals surface area (Å²) in [5.74, 6) is 1.85. The molecule has 23 heavy (non-hydrogen) atoms. The quantitative estimate of drug-likeness (QED) is 0.814. The second-order valence-electron chi connectivity index (χ2n) is 7.43. The molecule has 0 spiro atoms. The van der Waals surface area contributed by atoms with Gasteiger partial charge in [-0.05, 0) is 49.3 Å². The van der Waals surface area contributed by atoms with E-state index < -0.39 is 0 Å². The number of benzene rings is 1. The van der Waals surface area contributed by atoms with Gasteiger partial charge in [-0.3, -0.25) is 4.79 Å². The standard InChI is InChI=1S/C19H27ClN2O/c1-14-10-15(2)13-22(12-14)19(23)16-6-8-21(9-7-16)18-5-3-4-17(20)11-18/h3-5,11,14-16H,6-10,12-13H2,1-2H3. The fourth-order valence-electron chi connectivity index (χ4n) is 4.16. The zero-order chi connectivity index (χ0) is 16.4.